The second-order valence-electron chi connectivity index (χ2n) is 4.40. The summed E-state index contributed by atoms with van der Waals surface area (Å²) in [7, 11) is 0. The van der Waals surface area contributed by atoms with Crippen molar-refractivity contribution in [2.75, 3.05) is 0 Å². The van der Waals surface area contributed by atoms with E-state index in [1.165, 1.54) is 51.4 Å². The molecule has 0 fully saturated rings. The Kier molecular flexibility index (Phi) is 1.44. The van der Waals surface area contributed by atoms with Gasteiger partial charge in [0.1, 0.15) is 0 Å². The van der Waals surface area contributed by atoms with Gasteiger partial charge < -0.3 is 0 Å². The van der Waals surface area contributed by atoms with Crippen molar-refractivity contribution < 1.29 is 0 Å². The van der Waals surface area contributed by atoms with E-state index in [2.05, 4.69) is 0 Å². The van der Waals surface area contributed by atoms with Crippen molar-refractivity contribution in [1.29, 1.82) is 0 Å². The highest BCUT2D eigenvalue weighted by molar-refractivity contribution is 5.50. The summed E-state index contributed by atoms with van der Waals surface area (Å²) in [6, 6.07) is 0. The quantitative estimate of drug-likeness (QED) is 0.506. The predicted molar refractivity (Wildman–Crippen MR) is 51.0 cm³/mol. The topological polar surface area (TPSA) is 0 Å². The molecule has 0 atom stereocenters. The predicted octanol–water partition coefficient (Wildman–Crippen LogP) is 3.74. The van der Waals surface area contributed by atoms with Crippen LogP contribution in [0.3, 0.4) is 0 Å². The molecule has 0 N–H and O–H groups in total. The lowest BCUT2D eigenvalue weighted by Crippen LogP contribution is -1.97. The summed E-state index contributed by atoms with van der Waals surface area (Å²) in [6.45, 7) is 0. The minimum atomic E-state index is 1.38. The fourth-order valence-corrected chi connectivity index (χ4v) is 3.15. The number of allylic oxidation sites excluding steroid dienone is 4. The van der Waals surface area contributed by atoms with Gasteiger partial charge in [-0.25, -0.2) is 0 Å². The largest absolute Gasteiger partial charge is 0.0627 e. The van der Waals surface area contributed by atoms with Crippen LogP contribution in [0.1, 0.15) is 51.4 Å². The highest BCUT2D eigenvalue weighted by Gasteiger charge is 2.28. The molecule has 0 unspecified atom stereocenters. The van der Waals surface area contributed by atoms with Crippen LogP contribution in [0.15, 0.2) is 22.3 Å². The van der Waals surface area contributed by atoms with Crippen molar-refractivity contribution in [3.63, 3.8) is 0 Å². The zero-order valence-corrected chi connectivity index (χ0v) is 7.66. The molecule has 64 valence electrons. The summed E-state index contributed by atoms with van der Waals surface area (Å²) in [5.41, 5.74) is 7.27. The molecule has 0 saturated carbocycles. The molecule has 0 aromatic heterocycles. The van der Waals surface area contributed by atoms with Crippen molar-refractivity contribution in [1.82, 2.24) is 0 Å². The van der Waals surface area contributed by atoms with Crippen molar-refractivity contribution in [3.8, 4) is 0 Å². The van der Waals surface area contributed by atoms with Gasteiger partial charge in [-0.3, -0.25) is 0 Å². The monoisotopic (exact) mass is 160 g/mol. The first kappa shape index (κ1) is 6.94. The van der Waals surface area contributed by atoms with Crippen LogP contribution in [0.2, 0.25) is 0 Å². The third-order valence-electron chi connectivity index (χ3n) is 3.71. The van der Waals surface area contributed by atoms with Crippen LogP contribution >= 0.6 is 0 Å². The molecule has 0 spiro atoms. The lowest BCUT2D eigenvalue weighted by atomic mass is 9.90. The van der Waals surface area contributed by atoms with Gasteiger partial charge in [0.05, 0.1) is 0 Å². The first-order valence-corrected chi connectivity index (χ1v) is 5.37. The van der Waals surface area contributed by atoms with Gasteiger partial charge in [-0.15, -0.1) is 0 Å². The molecular weight excluding hydrogens is 144 g/mol. The van der Waals surface area contributed by atoms with E-state index in [-0.39, 0.29) is 0 Å². The lowest BCUT2D eigenvalue weighted by molar-refractivity contribution is 0.665. The third kappa shape index (κ3) is 0.840. The van der Waals surface area contributed by atoms with E-state index in [9.17, 15) is 0 Å². The molecule has 0 nitrogen and oxygen atoms in total. The van der Waals surface area contributed by atoms with Crippen molar-refractivity contribution in [2.45, 2.75) is 51.4 Å². The van der Waals surface area contributed by atoms with Crippen LogP contribution in [-0.4, -0.2) is 0 Å². The molecule has 3 aliphatic rings. The molecule has 0 aromatic rings. The van der Waals surface area contributed by atoms with Gasteiger partial charge >= 0.3 is 0 Å². The standard InChI is InChI=1S/C12H16/c1-2-6-11-9(4-1)8-10-5-3-7-12(10)11/h1-8H2. The number of hydrogen-bond donors (Lipinski definition) is 0. The van der Waals surface area contributed by atoms with Gasteiger partial charge in [0, 0.05) is 0 Å². The van der Waals surface area contributed by atoms with E-state index < -0.39 is 0 Å². The average molecular weight is 160 g/mol. The van der Waals surface area contributed by atoms with E-state index in [0.717, 1.165) is 0 Å². The fraction of sp³-hybridized carbons (Fsp3) is 0.667. The van der Waals surface area contributed by atoms with Crippen LogP contribution in [0.25, 0.3) is 0 Å². The first-order valence-electron chi connectivity index (χ1n) is 5.37. The number of rotatable bonds is 0. The second-order valence-corrected chi connectivity index (χ2v) is 4.40. The Balaban J connectivity index is 1.98. The van der Waals surface area contributed by atoms with E-state index >= 15 is 0 Å². The normalized spacial score (nSPS) is 28.0. The summed E-state index contributed by atoms with van der Waals surface area (Å²) in [4.78, 5) is 0. The maximum absolute atomic E-state index is 1.82. The highest BCUT2D eigenvalue weighted by Crippen LogP contribution is 2.47. The van der Waals surface area contributed by atoms with Crippen molar-refractivity contribution in [2.24, 2.45) is 0 Å². The maximum atomic E-state index is 1.82. The van der Waals surface area contributed by atoms with Crippen molar-refractivity contribution >= 4 is 0 Å². The molecular formula is C12H16. The SMILES string of the molecule is C1CCC2=C(C1)CC1=C2CCC1. The lowest BCUT2D eigenvalue weighted by Gasteiger charge is -2.16. The number of fused-ring (bicyclic) bond motifs is 1. The van der Waals surface area contributed by atoms with Gasteiger partial charge in [0.2, 0.25) is 0 Å². The van der Waals surface area contributed by atoms with Gasteiger partial charge in [-0.2, -0.15) is 0 Å². The van der Waals surface area contributed by atoms with Gasteiger partial charge in [-0.05, 0) is 62.5 Å². The van der Waals surface area contributed by atoms with Gasteiger partial charge in [0.25, 0.3) is 0 Å². The molecule has 0 radical (unpaired) electrons. The van der Waals surface area contributed by atoms with Gasteiger partial charge in [0.15, 0.2) is 0 Å². The summed E-state index contributed by atoms with van der Waals surface area (Å²) < 4.78 is 0. The molecule has 3 aliphatic carbocycles. The van der Waals surface area contributed by atoms with E-state index in [4.69, 9.17) is 0 Å². The molecule has 0 aliphatic heterocycles. The number of hydrogen-bond acceptors (Lipinski definition) is 0. The zero-order valence-electron chi connectivity index (χ0n) is 7.66. The van der Waals surface area contributed by atoms with E-state index in [0.29, 0.717) is 0 Å². The molecule has 3 rings (SSSR count). The molecule has 0 heterocycles. The van der Waals surface area contributed by atoms with Crippen LogP contribution in [0.5, 0.6) is 0 Å². The van der Waals surface area contributed by atoms with Crippen LogP contribution in [-0.2, 0) is 0 Å². The summed E-state index contributed by atoms with van der Waals surface area (Å²) in [5, 5.41) is 0. The Morgan fingerprint density at radius 1 is 0.583 bits per heavy atom. The third-order valence-corrected chi connectivity index (χ3v) is 3.71. The fourth-order valence-electron chi connectivity index (χ4n) is 3.15. The van der Waals surface area contributed by atoms with Gasteiger partial charge in [-0.1, -0.05) is 11.1 Å². The minimum Gasteiger partial charge on any atom is -0.0627 e. The zero-order chi connectivity index (χ0) is 7.97. The smallest absolute Gasteiger partial charge is 0.00966 e. The molecule has 0 bridgehead atoms. The van der Waals surface area contributed by atoms with E-state index in [1.54, 1.807) is 0 Å². The Labute approximate surface area is 74.4 Å². The maximum Gasteiger partial charge on any atom is -0.00966 e. The van der Waals surface area contributed by atoms with Crippen molar-refractivity contribution in [3.05, 3.63) is 22.3 Å². The highest BCUT2D eigenvalue weighted by atomic mass is 14.3. The summed E-state index contributed by atoms with van der Waals surface area (Å²) in [6.07, 6.45) is 11.4. The van der Waals surface area contributed by atoms with Crippen LogP contribution in [0.4, 0.5) is 0 Å². The Morgan fingerprint density at radius 2 is 1.17 bits per heavy atom. The van der Waals surface area contributed by atoms with Crippen LogP contribution in [0, 0.1) is 0 Å². The average Bonchev–Trinajstić information content (AvgIpc) is 2.62. The Bertz CT molecular complexity index is 278. The molecule has 0 aromatic carbocycles. The summed E-state index contributed by atoms with van der Waals surface area (Å²) in [5.74, 6) is 0. The Hall–Kier alpha value is -0.520. The second kappa shape index (κ2) is 2.48. The first-order chi connectivity index (χ1) is 5.95. The molecule has 12 heavy (non-hydrogen) atoms. The molecule has 0 amide bonds. The Morgan fingerprint density at radius 3 is 2.00 bits per heavy atom. The molecule has 0 heteroatoms. The summed E-state index contributed by atoms with van der Waals surface area (Å²) >= 11 is 0. The van der Waals surface area contributed by atoms with Crippen LogP contribution < -0.4 is 0 Å². The van der Waals surface area contributed by atoms with E-state index in [1.807, 2.05) is 22.3 Å². The molecule has 0 saturated heterocycles. The minimum absolute atomic E-state index is 1.38.